The zero-order chi connectivity index (χ0) is 14.5. The molecule has 0 unspecified atom stereocenters. The molecule has 6 heteroatoms. The minimum Gasteiger partial charge on any atom is -0.492 e. The van der Waals surface area contributed by atoms with Gasteiger partial charge in [-0.15, -0.1) is 0 Å². The minimum atomic E-state index is -4.19. The van der Waals surface area contributed by atoms with Crippen molar-refractivity contribution in [2.45, 2.75) is 25.9 Å². The van der Waals surface area contributed by atoms with Gasteiger partial charge in [-0.1, -0.05) is 12.1 Å². The Bertz CT molecular complexity index is 398. The van der Waals surface area contributed by atoms with Gasteiger partial charge >= 0.3 is 5.51 Å². The van der Waals surface area contributed by atoms with Gasteiger partial charge in [-0.05, 0) is 49.3 Å². The molecule has 1 rings (SSSR count). The summed E-state index contributed by atoms with van der Waals surface area (Å²) in [5.41, 5.74) is -1.16. The van der Waals surface area contributed by atoms with Gasteiger partial charge in [-0.2, -0.15) is 13.2 Å². The summed E-state index contributed by atoms with van der Waals surface area (Å²) in [5.74, 6) is 0.586. The fourth-order valence-electron chi connectivity index (χ4n) is 1.87. The van der Waals surface area contributed by atoms with Crippen molar-refractivity contribution >= 4 is 11.8 Å². The zero-order valence-corrected chi connectivity index (χ0v) is 12.0. The van der Waals surface area contributed by atoms with Crippen molar-refractivity contribution in [3.8, 4) is 5.75 Å². The van der Waals surface area contributed by atoms with Crippen LogP contribution in [0, 0.1) is 13.8 Å². The molecule has 19 heavy (non-hydrogen) atoms. The van der Waals surface area contributed by atoms with E-state index in [1.165, 1.54) is 0 Å². The molecule has 0 heterocycles. The number of rotatable bonds is 6. The van der Waals surface area contributed by atoms with E-state index < -0.39 is 5.51 Å². The second-order valence-corrected chi connectivity index (χ2v) is 5.39. The number of hydrogen-bond donors (Lipinski definition) is 1. The van der Waals surface area contributed by atoms with Gasteiger partial charge < -0.3 is 10.1 Å². The SMILES string of the molecule is CNCc1cc(C)c(OCCSC(F)(F)F)c(C)c1. The fourth-order valence-corrected chi connectivity index (χ4v) is 2.27. The van der Waals surface area contributed by atoms with E-state index in [1.807, 2.05) is 33.0 Å². The highest BCUT2D eigenvalue weighted by atomic mass is 32.2. The number of hydrogen-bond acceptors (Lipinski definition) is 3. The van der Waals surface area contributed by atoms with E-state index in [0.29, 0.717) is 5.75 Å². The smallest absolute Gasteiger partial charge is 0.441 e. The van der Waals surface area contributed by atoms with Gasteiger partial charge in [-0.25, -0.2) is 0 Å². The number of alkyl halides is 3. The lowest BCUT2D eigenvalue weighted by atomic mass is 10.1. The van der Waals surface area contributed by atoms with Gasteiger partial charge in [0.1, 0.15) is 5.75 Å². The van der Waals surface area contributed by atoms with Gasteiger partial charge in [0, 0.05) is 12.3 Å². The summed E-state index contributed by atoms with van der Waals surface area (Å²) in [4.78, 5) is 0. The van der Waals surface area contributed by atoms with Crippen molar-refractivity contribution in [2.24, 2.45) is 0 Å². The largest absolute Gasteiger partial charge is 0.492 e. The molecule has 108 valence electrons. The Hall–Kier alpha value is -0.880. The molecule has 0 amide bonds. The quantitative estimate of drug-likeness (QED) is 0.809. The molecule has 0 aliphatic carbocycles. The van der Waals surface area contributed by atoms with Crippen molar-refractivity contribution in [1.82, 2.24) is 5.32 Å². The van der Waals surface area contributed by atoms with E-state index in [2.05, 4.69) is 5.32 Å². The molecule has 0 spiro atoms. The molecule has 2 nitrogen and oxygen atoms in total. The van der Waals surface area contributed by atoms with Crippen molar-refractivity contribution in [3.05, 3.63) is 28.8 Å². The molecular weight excluding hydrogens is 275 g/mol. The second-order valence-electron chi connectivity index (χ2n) is 4.23. The Balaban J connectivity index is 2.59. The average molecular weight is 293 g/mol. The maximum absolute atomic E-state index is 12.0. The van der Waals surface area contributed by atoms with Crippen LogP contribution in [0.1, 0.15) is 16.7 Å². The summed E-state index contributed by atoms with van der Waals surface area (Å²) in [6.45, 7) is 4.61. The molecule has 1 aromatic rings. The first-order valence-corrected chi connectivity index (χ1v) is 6.90. The maximum Gasteiger partial charge on any atom is 0.441 e. The molecule has 0 fully saturated rings. The van der Waals surface area contributed by atoms with Crippen LogP contribution in [0.25, 0.3) is 0 Å². The fraction of sp³-hybridized carbons (Fsp3) is 0.538. The summed E-state index contributed by atoms with van der Waals surface area (Å²) >= 11 is -0.0592. The molecular formula is C13H18F3NOS. The average Bonchev–Trinajstić information content (AvgIpc) is 2.26. The first kappa shape index (κ1) is 16.2. The number of ether oxygens (including phenoxy) is 1. The number of benzene rings is 1. The minimum absolute atomic E-state index is 0.0528. The Morgan fingerprint density at radius 1 is 1.21 bits per heavy atom. The third-order valence-electron chi connectivity index (χ3n) is 2.50. The first-order valence-electron chi connectivity index (χ1n) is 5.91. The predicted octanol–water partition coefficient (Wildman–Crippen LogP) is 3.65. The zero-order valence-electron chi connectivity index (χ0n) is 11.2. The van der Waals surface area contributed by atoms with E-state index in [-0.39, 0.29) is 24.1 Å². The number of halogens is 3. The lowest BCUT2D eigenvalue weighted by Crippen LogP contribution is -2.09. The molecule has 1 N–H and O–H groups in total. The highest BCUT2D eigenvalue weighted by Crippen LogP contribution is 2.30. The standard InChI is InChI=1S/C13H18F3NOS/c1-9-6-11(8-17-3)7-10(2)12(9)18-4-5-19-13(14,15)16/h6-7,17H,4-5,8H2,1-3H3. The van der Waals surface area contributed by atoms with Crippen LogP contribution in [0.2, 0.25) is 0 Å². The Kier molecular flexibility index (Phi) is 6.00. The summed E-state index contributed by atoms with van der Waals surface area (Å²) < 4.78 is 41.4. The van der Waals surface area contributed by atoms with E-state index in [1.54, 1.807) is 0 Å². The number of thioether (sulfide) groups is 1. The highest BCUT2D eigenvalue weighted by Gasteiger charge is 2.27. The monoisotopic (exact) mass is 293 g/mol. The van der Waals surface area contributed by atoms with E-state index in [0.717, 1.165) is 23.2 Å². The third kappa shape index (κ3) is 5.74. The topological polar surface area (TPSA) is 21.3 Å². The molecule has 0 bridgehead atoms. The predicted molar refractivity (Wildman–Crippen MR) is 72.7 cm³/mol. The van der Waals surface area contributed by atoms with E-state index >= 15 is 0 Å². The molecule has 0 aromatic heterocycles. The second kappa shape index (κ2) is 7.05. The molecule has 0 aliphatic rings. The van der Waals surface area contributed by atoms with Crippen molar-refractivity contribution in [1.29, 1.82) is 0 Å². The maximum atomic E-state index is 12.0. The molecule has 0 saturated heterocycles. The summed E-state index contributed by atoms with van der Waals surface area (Å²) in [7, 11) is 1.86. The van der Waals surface area contributed by atoms with Gasteiger partial charge in [-0.3, -0.25) is 0 Å². The Morgan fingerprint density at radius 2 is 1.79 bits per heavy atom. The molecule has 0 radical (unpaired) electrons. The van der Waals surface area contributed by atoms with Crippen LogP contribution < -0.4 is 10.1 Å². The van der Waals surface area contributed by atoms with Gasteiger partial charge in [0.15, 0.2) is 0 Å². The normalized spacial score (nSPS) is 11.7. The molecule has 0 aliphatic heterocycles. The van der Waals surface area contributed by atoms with Crippen molar-refractivity contribution in [3.63, 3.8) is 0 Å². The van der Waals surface area contributed by atoms with Crippen LogP contribution in [-0.4, -0.2) is 24.9 Å². The summed E-state index contributed by atoms with van der Waals surface area (Å²) in [6.07, 6.45) is 0. The number of nitrogens with one attached hydrogen (secondary N) is 1. The molecule has 1 aromatic carbocycles. The van der Waals surface area contributed by atoms with Crippen LogP contribution in [0.5, 0.6) is 5.75 Å². The molecule has 0 saturated carbocycles. The Labute approximate surface area is 115 Å². The van der Waals surface area contributed by atoms with Gasteiger partial charge in [0.05, 0.1) is 6.61 Å². The van der Waals surface area contributed by atoms with Gasteiger partial charge in [0.2, 0.25) is 0 Å². The van der Waals surface area contributed by atoms with Crippen LogP contribution >= 0.6 is 11.8 Å². The van der Waals surface area contributed by atoms with Crippen LogP contribution in [-0.2, 0) is 6.54 Å². The third-order valence-corrected chi connectivity index (χ3v) is 3.19. The number of aryl methyl sites for hydroxylation is 2. The van der Waals surface area contributed by atoms with Crippen LogP contribution in [0.15, 0.2) is 12.1 Å². The van der Waals surface area contributed by atoms with E-state index in [4.69, 9.17) is 4.74 Å². The van der Waals surface area contributed by atoms with E-state index in [9.17, 15) is 13.2 Å². The highest BCUT2D eigenvalue weighted by molar-refractivity contribution is 8.00. The lowest BCUT2D eigenvalue weighted by molar-refractivity contribution is -0.0329. The van der Waals surface area contributed by atoms with Crippen molar-refractivity contribution < 1.29 is 17.9 Å². The first-order chi connectivity index (χ1) is 8.83. The van der Waals surface area contributed by atoms with Gasteiger partial charge in [0.25, 0.3) is 0 Å². The van der Waals surface area contributed by atoms with Crippen molar-refractivity contribution in [2.75, 3.05) is 19.4 Å². The molecule has 0 atom stereocenters. The lowest BCUT2D eigenvalue weighted by Gasteiger charge is -2.14. The van der Waals surface area contributed by atoms with Crippen LogP contribution in [0.4, 0.5) is 13.2 Å². The van der Waals surface area contributed by atoms with Crippen LogP contribution in [0.3, 0.4) is 0 Å². The summed E-state index contributed by atoms with van der Waals surface area (Å²) in [6, 6.07) is 3.96. The summed E-state index contributed by atoms with van der Waals surface area (Å²) in [5, 5.41) is 3.06. The Morgan fingerprint density at radius 3 is 2.26 bits per heavy atom.